The van der Waals surface area contributed by atoms with E-state index in [0.717, 1.165) is 0 Å². The van der Waals surface area contributed by atoms with Gasteiger partial charge in [-0.2, -0.15) is 27.8 Å². The Bertz CT molecular complexity index is 306. The lowest BCUT2D eigenvalue weighted by atomic mass is 9.91. The standard InChI is InChI=1S/C15H25/c1-8-13-11(6)14(9(2)3)15(10(4)5)12(13)7/h9-10H,8H2,1-7H3/q-1. The van der Waals surface area contributed by atoms with Gasteiger partial charge < -0.3 is 0 Å². The third-order valence-electron chi connectivity index (χ3n) is 3.51. The summed E-state index contributed by atoms with van der Waals surface area (Å²) in [5.74, 6) is 1.31. The molecule has 0 heterocycles. The van der Waals surface area contributed by atoms with Gasteiger partial charge in [0, 0.05) is 0 Å². The van der Waals surface area contributed by atoms with E-state index in [-0.39, 0.29) is 0 Å². The fourth-order valence-electron chi connectivity index (χ4n) is 3.03. The molecule has 0 aliphatic carbocycles. The predicted molar refractivity (Wildman–Crippen MR) is 69.1 cm³/mol. The lowest BCUT2D eigenvalue weighted by Crippen LogP contribution is -1.97. The molecule has 0 spiro atoms. The van der Waals surface area contributed by atoms with Crippen molar-refractivity contribution in [2.45, 2.75) is 66.7 Å². The van der Waals surface area contributed by atoms with Crippen molar-refractivity contribution in [1.82, 2.24) is 0 Å². The Morgan fingerprint density at radius 2 is 1.60 bits per heavy atom. The van der Waals surface area contributed by atoms with Crippen LogP contribution in [0.5, 0.6) is 0 Å². The van der Waals surface area contributed by atoms with Gasteiger partial charge in [-0.1, -0.05) is 60.8 Å². The van der Waals surface area contributed by atoms with E-state index in [1.807, 2.05) is 0 Å². The first-order valence-electron chi connectivity index (χ1n) is 6.20. The maximum absolute atomic E-state index is 2.31. The summed E-state index contributed by atoms with van der Waals surface area (Å²) in [6.07, 6.45) is 1.17. The first-order valence-corrected chi connectivity index (χ1v) is 6.20. The van der Waals surface area contributed by atoms with E-state index in [9.17, 15) is 0 Å². The molecule has 0 saturated heterocycles. The molecule has 0 aromatic heterocycles. The van der Waals surface area contributed by atoms with Crippen LogP contribution in [0, 0.1) is 13.8 Å². The summed E-state index contributed by atoms with van der Waals surface area (Å²) in [4.78, 5) is 0. The summed E-state index contributed by atoms with van der Waals surface area (Å²) in [7, 11) is 0. The number of rotatable bonds is 3. The highest BCUT2D eigenvalue weighted by Crippen LogP contribution is 2.37. The van der Waals surface area contributed by atoms with Crippen molar-refractivity contribution in [3.63, 3.8) is 0 Å². The molecule has 0 unspecified atom stereocenters. The average Bonchev–Trinajstić information content (AvgIpc) is 2.37. The highest BCUT2D eigenvalue weighted by atomic mass is 14.3. The van der Waals surface area contributed by atoms with E-state index in [2.05, 4.69) is 48.5 Å². The molecule has 1 rings (SSSR count). The van der Waals surface area contributed by atoms with Gasteiger partial charge >= 0.3 is 0 Å². The van der Waals surface area contributed by atoms with Gasteiger partial charge in [0.2, 0.25) is 0 Å². The Morgan fingerprint density at radius 3 is 1.87 bits per heavy atom. The van der Waals surface area contributed by atoms with E-state index >= 15 is 0 Å². The Hall–Kier alpha value is -0.650. The van der Waals surface area contributed by atoms with Gasteiger partial charge in [-0.05, 0) is 5.92 Å². The summed E-state index contributed by atoms with van der Waals surface area (Å²) < 4.78 is 0. The summed E-state index contributed by atoms with van der Waals surface area (Å²) >= 11 is 0. The van der Waals surface area contributed by atoms with Crippen LogP contribution in [0.1, 0.15) is 74.3 Å². The van der Waals surface area contributed by atoms with Crippen LogP contribution in [0.25, 0.3) is 0 Å². The largest absolute Gasteiger partial charge is 0.195 e. The minimum absolute atomic E-state index is 0.654. The topological polar surface area (TPSA) is 0 Å². The van der Waals surface area contributed by atoms with Crippen LogP contribution in [-0.4, -0.2) is 0 Å². The third kappa shape index (κ3) is 2.00. The molecule has 86 valence electrons. The van der Waals surface area contributed by atoms with Gasteiger partial charge in [0.25, 0.3) is 0 Å². The van der Waals surface area contributed by atoms with Crippen molar-refractivity contribution in [2.75, 3.05) is 0 Å². The van der Waals surface area contributed by atoms with Crippen molar-refractivity contribution in [2.24, 2.45) is 0 Å². The molecule has 0 N–H and O–H groups in total. The van der Waals surface area contributed by atoms with E-state index in [4.69, 9.17) is 0 Å². The molecule has 0 nitrogen and oxygen atoms in total. The maximum Gasteiger partial charge on any atom is -0.0447 e. The highest BCUT2D eigenvalue weighted by Gasteiger charge is 2.11. The van der Waals surface area contributed by atoms with Crippen molar-refractivity contribution in [3.8, 4) is 0 Å². The Morgan fingerprint density at radius 1 is 1.07 bits per heavy atom. The van der Waals surface area contributed by atoms with Gasteiger partial charge in [-0.3, -0.25) is 0 Å². The average molecular weight is 205 g/mol. The van der Waals surface area contributed by atoms with Crippen LogP contribution < -0.4 is 0 Å². The summed E-state index contributed by atoms with van der Waals surface area (Å²) in [5.41, 5.74) is 7.91. The van der Waals surface area contributed by atoms with Crippen molar-refractivity contribution in [1.29, 1.82) is 0 Å². The van der Waals surface area contributed by atoms with E-state index in [1.165, 1.54) is 6.42 Å². The van der Waals surface area contributed by atoms with Crippen LogP contribution in [0.15, 0.2) is 0 Å². The Kier molecular flexibility index (Phi) is 3.70. The molecule has 0 fully saturated rings. The van der Waals surface area contributed by atoms with Crippen LogP contribution in [-0.2, 0) is 6.42 Å². The van der Waals surface area contributed by atoms with Gasteiger partial charge in [0.1, 0.15) is 0 Å². The second-order valence-corrected chi connectivity index (χ2v) is 5.22. The fraction of sp³-hybridized carbons (Fsp3) is 0.667. The number of hydrogen-bond donors (Lipinski definition) is 0. The quantitative estimate of drug-likeness (QED) is 0.620. The van der Waals surface area contributed by atoms with Crippen LogP contribution in [0.3, 0.4) is 0 Å². The van der Waals surface area contributed by atoms with Gasteiger partial charge in [-0.15, -0.1) is 0 Å². The Balaban J connectivity index is 3.47. The van der Waals surface area contributed by atoms with E-state index < -0.39 is 0 Å². The van der Waals surface area contributed by atoms with Gasteiger partial charge in [0.05, 0.1) is 0 Å². The molecular weight excluding hydrogens is 180 g/mol. The van der Waals surface area contributed by atoms with Gasteiger partial charge in [-0.25, -0.2) is 0 Å². The van der Waals surface area contributed by atoms with Crippen LogP contribution in [0.4, 0.5) is 0 Å². The highest BCUT2D eigenvalue weighted by molar-refractivity contribution is 5.53. The van der Waals surface area contributed by atoms with E-state index in [1.54, 1.807) is 27.8 Å². The lowest BCUT2D eigenvalue weighted by molar-refractivity contribution is 0.789. The second-order valence-electron chi connectivity index (χ2n) is 5.22. The Labute approximate surface area is 95.1 Å². The van der Waals surface area contributed by atoms with Crippen molar-refractivity contribution >= 4 is 0 Å². The summed E-state index contributed by atoms with van der Waals surface area (Å²) in [5, 5.41) is 0. The minimum Gasteiger partial charge on any atom is -0.195 e. The molecular formula is C15H25-. The van der Waals surface area contributed by atoms with Crippen molar-refractivity contribution < 1.29 is 0 Å². The van der Waals surface area contributed by atoms with Gasteiger partial charge in [0.15, 0.2) is 0 Å². The molecule has 0 radical (unpaired) electrons. The smallest absolute Gasteiger partial charge is 0.0447 e. The molecule has 0 aliphatic rings. The first kappa shape index (κ1) is 12.4. The predicted octanol–water partition coefficient (Wildman–Crippen LogP) is 4.83. The fourth-order valence-corrected chi connectivity index (χ4v) is 3.03. The zero-order valence-electron chi connectivity index (χ0n) is 11.4. The minimum atomic E-state index is 0.654. The third-order valence-corrected chi connectivity index (χ3v) is 3.51. The second kappa shape index (κ2) is 4.47. The molecule has 0 atom stereocenters. The van der Waals surface area contributed by atoms with Crippen LogP contribution in [0.2, 0.25) is 0 Å². The molecule has 0 heteroatoms. The number of hydrogen-bond acceptors (Lipinski definition) is 0. The first-order chi connectivity index (χ1) is 6.91. The lowest BCUT2D eigenvalue weighted by Gasteiger charge is -2.22. The molecule has 15 heavy (non-hydrogen) atoms. The zero-order valence-corrected chi connectivity index (χ0v) is 11.4. The molecule has 0 saturated carbocycles. The molecule has 0 amide bonds. The summed E-state index contributed by atoms with van der Waals surface area (Å²) in [6, 6.07) is 0. The van der Waals surface area contributed by atoms with E-state index in [0.29, 0.717) is 11.8 Å². The maximum atomic E-state index is 2.31. The molecule has 0 bridgehead atoms. The summed E-state index contributed by atoms with van der Waals surface area (Å²) in [6.45, 7) is 16.1. The zero-order chi connectivity index (χ0) is 11.7. The monoisotopic (exact) mass is 205 g/mol. The normalized spacial score (nSPS) is 11.8. The SMILES string of the molecule is CCc1c(C)c(C(C)C)c(C(C)C)[c-]1C. The molecule has 1 aromatic rings. The molecule has 0 aliphatic heterocycles. The molecule has 1 aromatic carbocycles. The van der Waals surface area contributed by atoms with Crippen LogP contribution >= 0.6 is 0 Å². The van der Waals surface area contributed by atoms with Crippen molar-refractivity contribution in [3.05, 3.63) is 27.8 Å².